The molecular weight excluding hydrogens is 407 g/mol. The third-order valence-electron chi connectivity index (χ3n) is 4.45. The second-order valence-electron chi connectivity index (χ2n) is 6.27. The lowest BCUT2D eigenvalue weighted by Crippen LogP contribution is -2.50. The molecule has 1 amide bonds. The van der Waals surface area contributed by atoms with E-state index in [1.165, 1.54) is 40.7 Å². The first-order valence-corrected chi connectivity index (χ1v) is 10.6. The minimum Gasteiger partial charge on any atom is -0.490 e. The van der Waals surface area contributed by atoms with Crippen LogP contribution < -0.4 is 4.74 Å². The number of carbonyl (C=O) groups excluding carboxylic acids is 1. The van der Waals surface area contributed by atoms with Crippen molar-refractivity contribution in [1.29, 1.82) is 0 Å². The highest BCUT2D eigenvalue weighted by atomic mass is 35.5. The second-order valence-corrected chi connectivity index (χ2v) is 8.64. The molecular formula is C19H20ClFN2O4S. The van der Waals surface area contributed by atoms with Crippen LogP contribution in [0, 0.1) is 5.82 Å². The van der Waals surface area contributed by atoms with Gasteiger partial charge < -0.3 is 9.64 Å². The third kappa shape index (κ3) is 4.81. The zero-order valence-electron chi connectivity index (χ0n) is 15.1. The first-order valence-electron chi connectivity index (χ1n) is 8.79. The molecule has 1 heterocycles. The summed E-state index contributed by atoms with van der Waals surface area (Å²) in [5.74, 6) is -0.523. The van der Waals surface area contributed by atoms with Crippen molar-refractivity contribution in [1.82, 2.24) is 9.21 Å². The van der Waals surface area contributed by atoms with Gasteiger partial charge in [0.05, 0.1) is 17.9 Å². The van der Waals surface area contributed by atoms with Crippen molar-refractivity contribution in [2.75, 3.05) is 32.8 Å². The molecule has 1 fully saturated rings. The normalized spacial score (nSPS) is 15.4. The molecule has 0 spiro atoms. The zero-order chi connectivity index (χ0) is 20.1. The zero-order valence-corrected chi connectivity index (χ0v) is 16.6. The summed E-state index contributed by atoms with van der Waals surface area (Å²) in [6.07, 6.45) is 0.0955. The van der Waals surface area contributed by atoms with E-state index in [1.807, 2.05) is 0 Å². The van der Waals surface area contributed by atoms with Gasteiger partial charge in [0, 0.05) is 31.2 Å². The highest BCUT2D eigenvalue weighted by Gasteiger charge is 2.29. The van der Waals surface area contributed by atoms with Crippen LogP contribution in [0.25, 0.3) is 0 Å². The van der Waals surface area contributed by atoms with Crippen LogP contribution in [0.2, 0.25) is 5.02 Å². The summed E-state index contributed by atoms with van der Waals surface area (Å²) in [6.45, 7) is 1.08. The van der Waals surface area contributed by atoms with Crippen LogP contribution in [0.4, 0.5) is 4.39 Å². The number of nitrogens with zero attached hydrogens (tertiary/aromatic N) is 2. The fraction of sp³-hybridized carbons (Fsp3) is 0.316. The van der Waals surface area contributed by atoms with Gasteiger partial charge in [-0.2, -0.15) is 4.31 Å². The van der Waals surface area contributed by atoms with Crippen molar-refractivity contribution >= 4 is 27.5 Å². The predicted molar refractivity (Wildman–Crippen MR) is 103 cm³/mol. The lowest BCUT2D eigenvalue weighted by Gasteiger charge is -2.34. The number of hydrogen-bond donors (Lipinski definition) is 0. The Bertz CT molecular complexity index is 929. The lowest BCUT2D eigenvalue weighted by molar-refractivity contribution is -0.132. The van der Waals surface area contributed by atoms with Gasteiger partial charge in [0.1, 0.15) is 0 Å². The van der Waals surface area contributed by atoms with Crippen LogP contribution >= 0.6 is 11.6 Å². The van der Waals surface area contributed by atoms with Crippen molar-refractivity contribution in [2.24, 2.45) is 0 Å². The van der Waals surface area contributed by atoms with E-state index in [0.717, 1.165) is 0 Å². The molecule has 0 aromatic heterocycles. The van der Waals surface area contributed by atoms with E-state index in [-0.39, 0.29) is 42.7 Å². The molecule has 1 saturated heterocycles. The molecule has 2 aromatic rings. The molecule has 0 radical (unpaired) electrons. The SMILES string of the molecule is O=C(CCOc1ccccc1F)N1CCN(S(=O)(=O)c2ccc(Cl)cc2)CC1. The van der Waals surface area contributed by atoms with Gasteiger partial charge in [-0.15, -0.1) is 0 Å². The van der Waals surface area contributed by atoms with Crippen LogP contribution in [0.3, 0.4) is 0 Å². The predicted octanol–water partition coefficient (Wildman–Crippen LogP) is 2.78. The van der Waals surface area contributed by atoms with Crippen LogP contribution in [0.1, 0.15) is 6.42 Å². The first kappa shape index (κ1) is 20.6. The minimum absolute atomic E-state index is 0.0586. The number of carbonyl (C=O) groups is 1. The van der Waals surface area contributed by atoms with Gasteiger partial charge in [0.2, 0.25) is 15.9 Å². The number of ether oxygens (including phenoxy) is 1. The van der Waals surface area contributed by atoms with Gasteiger partial charge in [-0.05, 0) is 36.4 Å². The molecule has 1 aliphatic rings. The quantitative estimate of drug-likeness (QED) is 0.712. The van der Waals surface area contributed by atoms with Gasteiger partial charge in [0.25, 0.3) is 0 Å². The Morgan fingerprint density at radius 1 is 1.04 bits per heavy atom. The van der Waals surface area contributed by atoms with Crippen molar-refractivity contribution in [2.45, 2.75) is 11.3 Å². The van der Waals surface area contributed by atoms with Gasteiger partial charge in [-0.3, -0.25) is 4.79 Å². The fourth-order valence-corrected chi connectivity index (χ4v) is 4.45. The Morgan fingerprint density at radius 3 is 2.32 bits per heavy atom. The second kappa shape index (κ2) is 8.89. The van der Waals surface area contributed by atoms with E-state index >= 15 is 0 Å². The Balaban J connectivity index is 1.50. The molecule has 0 bridgehead atoms. The maximum atomic E-state index is 13.5. The van der Waals surface area contributed by atoms with E-state index in [4.69, 9.17) is 16.3 Å². The molecule has 9 heteroatoms. The summed E-state index contributed by atoms with van der Waals surface area (Å²) in [4.78, 5) is 14.1. The molecule has 6 nitrogen and oxygen atoms in total. The molecule has 0 unspecified atom stereocenters. The number of amides is 1. The standard InChI is InChI=1S/C19H20ClFN2O4S/c20-15-5-7-16(8-6-15)28(25,26)23-12-10-22(11-13-23)19(24)9-14-27-18-4-2-1-3-17(18)21/h1-8H,9-14H2. The molecule has 2 aromatic carbocycles. The maximum Gasteiger partial charge on any atom is 0.243 e. The van der Waals surface area contributed by atoms with Gasteiger partial charge in [-0.25, -0.2) is 12.8 Å². The van der Waals surface area contributed by atoms with Crippen molar-refractivity contribution < 1.29 is 22.3 Å². The smallest absolute Gasteiger partial charge is 0.243 e. The summed E-state index contributed by atoms with van der Waals surface area (Å²) in [7, 11) is -3.62. The number of benzene rings is 2. The number of para-hydroxylation sites is 1. The number of hydrogen-bond acceptors (Lipinski definition) is 4. The molecule has 0 saturated carbocycles. The highest BCUT2D eigenvalue weighted by Crippen LogP contribution is 2.20. The van der Waals surface area contributed by atoms with Crippen molar-refractivity contribution in [3.8, 4) is 5.75 Å². The average molecular weight is 427 g/mol. The molecule has 3 rings (SSSR count). The number of halogens is 2. The Hall–Kier alpha value is -2.16. The largest absolute Gasteiger partial charge is 0.490 e. The Morgan fingerprint density at radius 2 is 1.68 bits per heavy atom. The van der Waals surface area contributed by atoms with E-state index in [2.05, 4.69) is 0 Å². The summed E-state index contributed by atoms with van der Waals surface area (Å²) in [6, 6.07) is 12.0. The van der Waals surface area contributed by atoms with E-state index in [9.17, 15) is 17.6 Å². The topological polar surface area (TPSA) is 66.9 Å². The molecule has 150 valence electrons. The van der Waals surface area contributed by atoms with E-state index in [1.54, 1.807) is 17.0 Å². The number of piperazine rings is 1. The van der Waals surface area contributed by atoms with Crippen LogP contribution in [0.5, 0.6) is 5.75 Å². The molecule has 0 aliphatic carbocycles. The maximum absolute atomic E-state index is 13.5. The Kier molecular flexibility index (Phi) is 6.53. The molecule has 1 aliphatic heterocycles. The number of sulfonamides is 1. The third-order valence-corrected chi connectivity index (χ3v) is 6.62. The molecule has 0 atom stereocenters. The lowest BCUT2D eigenvalue weighted by atomic mass is 10.3. The highest BCUT2D eigenvalue weighted by molar-refractivity contribution is 7.89. The first-order chi connectivity index (χ1) is 13.4. The molecule has 0 N–H and O–H groups in total. The van der Waals surface area contributed by atoms with E-state index < -0.39 is 15.8 Å². The van der Waals surface area contributed by atoms with Crippen LogP contribution in [-0.2, 0) is 14.8 Å². The van der Waals surface area contributed by atoms with Crippen LogP contribution in [-0.4, -0.2) is 56.3 Å². The summed E-state index contributed by atoms with van der Waals surface area (Å²) in [5.41, 5.74) is 0. The fourth-order valence-electron chi connectivity index (χ4n) is 2.90. The van der Waals surface area contributed by atoms with E-state index in [0.29, 0.717) is 18.1 Å². The summed E-state index contributed by atoms with van der Waals surface area (Å²) < 4.78 is 45.5. The Labute approximate surface area is 168 Å². The average Bonchev–Trinajstić information content (AvgIpc) is 2.70. The van der Waals surface area contributed by atoms with Crippen molar-refractivity contribution in [3.05, 3.63) is 59.4 Å². The number of rotatable bonds is 6. The summed E-state index contributed by atoms with van der Waals surface area (Å²) in [5, 5.41) is 0.465. The van der Waals surface area contributed by atoms with Crippen LogP contribution in [0.15, 0.2) is 53.4 Å². The molecule has 28 heavy (non-hydrogen) atoms. The van der Waals surface area contributed by atoms with Gasteiger partial charge >= 0.3 is 0 Å². The van der Waals surface area contributed by atoms with Crippen molar-refractivity contribution in [3.63, 3.8) is 0 Å². The minimum atomic E-state index is -3.62. The monoisotopic (exact) mass is 426 g/mol. The summed E-state index contributed by atoms with van der Waals surface area (Å²) >= 11 is 5.81. The van der Waals surface area contributed by atoms with Gasteiger partial charge in [-0.1, -0.05) is 23.7 Å². The van der Waals surface area contributed by atoms with Gasteiger partial charge in [0.15, 0.2) is 11.6 Å².